The molecule has 2 aromatic rings. The molecule has 144 valence electrons. The monoisotopic (exact) mass is 407 g/mol. The zero-order valence-electron chi connectivity index (χ0n) is 15.3. The molecule has 0 bridgehead atoms. The fourth-order valence-corrected chi connectivity index (χ4v) is 2.83. The SMILES string of the molecule is CCCNC(=O)CCC(=O)N(Cc1ccc(Cl)c(Cl)c1)Cc1ccccn1. The maximum absolute atomic E-state index is 12.7. The summed E-state index contributed by atoms with van der Waals surface area (Å²) in [6, 6.07) is 10.9. The van der Waals surface area contributed by atoms with Crippen LogP contribution in [0.5, 0.6) is 0 Å². The first-order valence-electron chi connectivity index (χ1n) is 8.88. The summed E-state index contributed by atoms with van der Waals surface area (Å²) < 4.78 is 0. The number of carbonyl (C=O) groups is 2. The molecule has 7 heteroatoms. The van der Waals surface area contributed by atoms with Gasteiger partial charge in [0, 0.05) is 32.1 Å². The Morgan fingerprint density at radius 1 is 1.07 bits per heavy atom. The van der Waals surface area contributed by atoms with Crippen LogP contribution in [0, 0.1) is 0 Å². The van der Waals surface area contributed by atoms with Crippen LogP contribution in [-0.4, -0.2) is 28.2 Å². The zero-order valence-corrected chi connectivity index (χ0v) is 16.8. The minimum Gasteiger partial charge on any atom is -0.356 e. The van der Waals surface area contributed by atoms with Gasteiger partial charge in [-0.05, 0) is 36.2 Å². The molecule has 1 N–H and O–H groups in total. The van der Waals surface area contributed by atoms with Gasteiger partial charge in [0.2, 0.25) is 11.8 Å². The van der Waals surface area contributed by atoms with Crippen LogP contribution < -0.4 is 5.32 Å². The van der Waals surface area contributed by atoms with E-state index >= 15 is 0 Å². The predicted molar refractivity (Wildman–Crippen MR) is 107 cm³/mol. The van der Waals surface area contributed by atoms with Crippen molar-refractivity contribution in [3.63, 3.8) is 0 Å². The van der Waals surface area contributed by atoms with Gasteiger partial charge in [-0.25, -0.2) is 0 Å². The molecule has 0 saturated heterocycles. The summed E-state index contributed by atoms with van der Waals surface area (Å²) in [6.45, 7) is 3.32. The lowest BCUT2D eigenvalue weighted by Crippen LogP contribution is -2.32. The first kappa shape index (κ1) is 21.2. The van der Waals surface area contributed by atoms with E-state index in [9.17, 15) is 9.59 Å². The van der Waals surface area contributed by atoms with E-state index in [-0.39, 0.29) is 24.7 Å². The number of hydrogen-bond donors (Lipinski definition) is 1. The molecule has 0 radical (unpaired) electrons. The van der Waals surface area contributed by atoms with E-state index < -0.39 is 0 Å². The highest BCUT2D eigenvalue weighted by atomic mass is 35.5. The molecule has 0 atom stereocenters. The van der Waals surface area contributed by atoms with Crippen LogP contribution in [0.2, 0.25) is 10.0 Å². The summed E-state index contributed by atoms with van der Waals surface area (Å²) in [5.41, 5.74) is 1.64. The summed E-state index contributed by atoms with van der Waals surface area (Å²) >= 11 is 12.1. The molecule has 1 aromatic heterocycles. The second-order valence-corrected chi connectivity index (χ2v) is 6.98. The molecule has 0 fully saturated rings. The average molecular weight is 408 g/mol. The summed E-state index contributed by atoms with van der Waals surface area (Å²) in [5.74, 6) is -0.226. The van der Waals surface area contributed by atoms with Crippen LogP contribution in [0.25, 0.3) is 0 Å². The molecule has 0 aliphatic carbocycles. The second kappa shape index (κ2) is 10.9. The second-order valence-electron chi connectivity index (χ2n) is 6.17. The smallest absolute Gasteiger partial charge is 0.223 e. The Morgan fingerprint density at radius 3 is 2.56 bits per heavy atom. The number of hydrogen-bond acceptors (Lipinski definition) is 3. The average Bonchev–Trinajstić information content (AvgIpc) is 2.67. The van der Waals surface area contributed by atoms with Crippen molar-refractivity contribution in [2.75, 3.05) is 6.54 Å². The lowest BCUT2D eigenvalue weighted by molar-refractivity contribution is -0.134. The molecule has 27 heavy (non-hydrogen) atoms. The van der Waals surface area contributed by atoms with Crippen molar-refractivity contribution in [1.29, 1.82) is 0 Å². The maximum atomic E-state index is 12.7. The third-order valence-corrected chi connectivity index (χ3v) is 4.67. The summed E-state index contributed by atoms with van der Waals surface area (Å²) in [5, 5.41) is 3.70. The lowest BCUT2D eigenvalue weighted by atomic mass is 10.1. The molecular formula is C20H23Cl2N3O2. The first-order valence-corrected chi connectivity index (χ1v) is 9.63. The number of nitrogens with zero attached hydrogens (tertiary/aromatic N) is 2. The predicted octanol–water partition coefficient (Wildman–Crippen LogP) is 4.22. The molecule has 1 aromatic carbocycles. The normalized spacial score (nSPS) is 10.5. The molecule has 0 unspecified atom stereocenters. The number of rotatable bonds is 9. The Morgan fingerprint density at radius 2 is 1.89 bits per heavy atom. The molecule has 0 aliphatic heterocycles. The highest BCUT2D eigenvalue weighted by Gasteiger charge is 2.17. The van der Waals surface area contributed by atoms with E-state index in [1.165, 1.54) is 0 Å². The molecule has 0 saturated carbocycles. The van der Waals surface area contributed by atoms with Crippen molar-refractivity contribution in [2.45, 2.75) is 39.3 Å². The van der Waals surface area contributed by atoms with E-state index in [0.717, 1.165) is 17.7 Å². The Bertz CT molecular complexity index is 769. The quantitative estimate of drug-likeness (QED) is 0.676. The fraction of sp³-hybridized carbons (Fsp3) is 0.350. The molecule has 2 amide bonds. The Labute approximate surface area is 169 Å². The third kappa shape index (κ3) is 7.19. The van der Waals surface area contributed by atoms with Crippen LogP contribution in [0.3, 0.4) is 0 Å². The van der Waals surface area contributed by atoms with Gasteiger partial charge < -0.3 is 10.2 Å². The highest BCUT2D eigenvalue weighted by molar-refractivity contribution is 6.42. The van der Waals surface area contributed by atoms with Gasteiger partial charge in [0.05, 0.1) is 22.3 Å². The summed E-state index contributed by atoms with van der Waals surface area (Å²) in [4.78, 5) is 30.5. The van der Waals surface area contributed by atoms with Crippen molar-refractivity contribution in [1.82, 2.24) is 15.2 Å². The molecular weight excluding hydrogens is 385 g/mol. The van der Waals surface area contributed by atoms with Crippen molar-refractivity contribution < 1.29 is 9.59 Å². The van der Waals surface area contributed by atoms with E-state index in [0.29, 0.717) is 29.7 Å². The van der Waals surface area contributed by atoms with E-state index in [2.05, 4.69) is 10.3 Å². The van der Waals surface area contributed by atoms with Gasteiger partial charge in [0.1, 0.15) is 0 Å². The fourth-order valence-electron chi connectivity index (χ4n) is 2.51. The van der Waals surface area contributed by atoms with E-state index in [1.807, 2.05) is 31.2 Å². The van der Waals surface area contributed by atoms with E-state index in [1.54, 1.807) is 23.2 Å². The number of carbonyl (C=O) groups excluding carboxylic acids is 2. The zero-order chi connectivity index (χ0) is 19.6. The Hall–Kier alpha value is -2.11. The molecule has 2 rings (SSSR count). The van der Waals surface area contributed by atoms with Gasteiger partial charge in [-0.2, -0.15) is 0 Å². The largest absolute Gasteiger partial charge is 0.356 e. The van der Waals surface area contributed by atoms with Crippen LogP contribution in [0.4, 0.5) is 0 Å². The number of amides is 2. The first-order chi connectivity index (χ1) is 13.0. The van der Waals surface area contributed by atoms with Gasteiger partial charge in [-0.15, -0.1) is 0 Å². The van der Waals surface area contributed by atoms with Crippen molar-refractivity contribution in [3.8, 4) is 0 Å². The summed E-state index contributed by atoms with van der Waals surface area (Å²) in [6.07, 6.45) is 2.86. The number of nitrogens with one attached hydrogen (secondary N) is 1. The van der Waals surface area contributed by atoms with Crippen LogP contribution in [0.1, 0.15) is 37.4 Å². The standard InChI is InChI=1S/C20H23Cl2N3O2/c1-2-10-24-19(26)8-9-20(27)25(14-16-5-3-4-11-23-16)13-15-6-7-17(21)18(22)12-15/h3-7,11-12H,2,8-10,13-14H2,1H3,(H,24,26). The van der Waals surface area contributed by atoms with Crippen molar-refractivity contribution >= 4 is 35.0 Å². The minimum atomic E-state index is -0.113. The molecule has 1 heterocycles. The van der Waals surface area contributed by atoms with Crippen LogP contribution >= 0.6 is 23.2 Å². The molecule has 0 aliphatic rings. The van der Waals surface area contributed by atoms with Gasteiger partial charge in [-0.3, -0.25) is 14.6 Å². The lowest BCUT2D eigenvalue weighted by Gasteiger charge is -2.23. The summed E-state index contributed by atoms with van der Waals surface area (Å²) in [7, 11) is 0. The maximum Gasteiger partial charge on any atom is 0.223 e. The Balaban J connectivity index is 2.07. The van der Waals surface area contributed by atoms with Crippen molar-refractivity contribution in [3.05, 3.63) is 63.9 Å². The van der Waals surface area contributed by atoms with Crippen LogP contribution in [-0.2, 0) is 22.7 Å². The van der Waals surface area contributed by atoms with Gasteiger partial charge in [-0.1, -0.05) is 42.3 Å². The number of aromatic nitrogens is 1. The van der Waals surface area contributed by atoms with E-state index in [4.69, 9.17) is 23.2 Å². The number of halogens is 2. The minimum absolute atomic E-state index is 0.113. The molecule has 0 spiro atoms. The topological polar surface area (TPSA) is 62.3 Å². The Kier molecular flexibility index (Phi) is 8.55. The number of pyridine rings is 1. The van der Waals surface area contributed by atoms with Crippen LogP contribution in [0.15, 0.2) is 42.6 Å². The van der Waals surface area contributed by atoms with Gasteiger partial charge >= 0.3 is 0 Å². The van der Waals surface area contributed by atoms with Gasteiger partial charge in [0.15, 0.2) is 0 Å². The third-order valence-electron chi connectivity index (χ3n) is 3.93. The number of benzene rings is 1. The van der Waals surface area contributed by atoms with Crippen molar-refractivity contribution in [2.24, 2.45) is 0 Å². The van der Waals surface area contributed by atoms with Gasteiger partial charge in [0.25, 0.3) is 0 Å². The highest BCUT2D eigenvalue weighted by Crippen LogP contribution is 2.23. The molecule has 5 nitrogen and oxygen atoms in total.